The number of nitrogens with one attached hydrogen (secondary N) is 1. The van der Waals surface area contributed by atoms with Crippen LogP contribution in [0.15, 0.2) is 18.2 Å². The number of benzene rings is 1. The minimum atomic E-state index is -1.08. The van der Waals surface area contributed by atoms with Crippen molar-refractivity contribution < 1.29 is 24.2 Å². The Labute approximate surface area is 111 Å². The number of aliphatic carboxylic acids is 1. The third-order valence-electron chi connectivity index (χ3n) is 2.51. The van der Waals surface area contributed by atoms with Gasteiger partial charge in [0.15, 0.2) is 11.5 Å². The van der Waals surface area contributed by atoms with Crippen LogP contribution in [0.3, 0.4) is 0 Å². The molecule has 0 fully saturated rings. The van der Waals surface area contributed by atoms with Gasteiger partial charge in [0.2, 0.25) is 0 Å². The molecule has 0 radical (unpaired) electrons. The Morgan fingerprint density at radius 2 is 1.89 bits per heavy atom. The molecule has 1 aromatic rings. The molecule has 0 amide bonds. The molecular formula is C13H17NO5. The molecule has 0 bridgehead atoms. The number of carboxylic acid groups (broad SMARTS) is 1. The lowest BCUT2D eigenvalue weighted by Crippen LogP contribution is -2.31. The fourth-order valence-corrected chi connectivity index (χ4v) is 1.61. The van der Waals surface area contributed by atoms with Crippen LogP contribution in [0.25, 0.3) is 0 Å². The first-order valence-electron chi connectivity index (χ1n) is 5.68. The van der Waals surface area contributed by atoms with E-state index in [4.69, 9.17) is 14.6 Å². The van der Waals surface area contributed by atoms with Crippen molar-refractivity contribution in [3.8, 4) is 11.5 Å². The van der Waals surface area contributed by atoms with Gasteiger partial charge in [0.1, 0.15) is 11.8 Å². The second-order valence-electron chi connectivity index (χ2n) is 4.01. The van der Waals surface area contributed by atoms with Crippen LogP contribution in [0.1, 0.15) is 13.3 Å². The van der Waals surface area contributed by atoms with E-state index in [2.05, 4.69) is 5.32 Å². The summed E-state index contributed by atoms with van der Waals surface area (Å²) in [7, 11) is 3.01. The summed E-state index contributed by atoms with van der Waals surface area (Å²) in [5, 5.41) is 11.8. The predicted octanol–water partition coefficient (Wildman–Crippen LogP) is 1.55. The second-order valence-corrected chi connectivity index (χ2v) is 4.01. The summed E-state index contributed by atoms with van der Waals surface area (Å²) in [5.41, 5.74) is 0.548. The summed E-state index contributed by atoms with van der Waals surface area (Å²) in [6.07, 6.45) is -0.0797. The first-order valence-corrected chi connectivity index (χ1v) is 5.68. The number of anilines is 1. The second kappa shape index (κ2) is 6.63. The zero-order valence-corrected chi connectivity index (χ0v) is 11.1. The van der Waals surface area contributed by atoms with Crippen molar-refractivity contribution >= 4 is 17.4 Å². The van der Waals surface area contributed by atoms with Crippen molar-refractivity contribution in [3.05, 3.63) is 18.2 Å². The average molecular weight is 267 g/mol. The lowest BCUT2D eigenvalue weighted by atomic mass is 10.1. The molecule has 6 nitrogen and oxygen atoms in total. The largest absolute Gasteiger partial charge is 0.493 e. The quantitative estimate of drug-likeness (QED) is 0.779. The number of methoxy groups -OCH3 is 2. The van der Waals surface area contributed by atoms with Gasteiger partial charge in [-0.3, -0.25) is 4.79 Å². The highest BCUT2D eigenvalue weighted by Crippen LogP contribution is 2.30. The van der Waals surface area contributed by atoms with Crippen LogP contribution in [0.4, 0.5) is 5.69 Å². The van der Waals surface area contributed by atoms with Gasteiger partial charge in [-0.1, -0.05) is 0 Å². The number of carbonyl (C=O) groups is 2. The number of hydrogen-bond donors (Lipinski definition) is 2. The van der Waals surface area contributed by atoms with Gasteiger partial charge in [-0.25, -0.2) is 4.79 Å². The number of ketones is 1. The molecule has 0 saturated heterocycles. The van der Waals surface area contributed by atoms with E-state index < -0.39 is 12.0 Å². The van der Waals surface area contributed by atoms with E-state index in [-0.39, 0.29) is 12.2 Å². The lowest BCUT2D eigenvalue weighted by molar-refractivity contribution is -0.139. The molecule has 0 aliphatic heterocycles. The maximum absolute atomic E-state index is 11.0. The monoisotopic (exact) mass is 267 g/mol. The number of hydrogen-bond acceptors (Lipinski definition) is 5. The molecule has 19 heavy (non-hydrogen) atoms. The number of ether oxygens (including phenoxy) is 2. The van der Waals surface area contributed by atoms with Gasteiger partial charge in [0.05, 0.1) is 14.2 Å². The van der Waals surface area contributed by atoms with Gasteiger partial charge in [-0.05, 0) is 19.1 Å². The molecule has 6 heteroatoms. The van der Waals surface area contributed by atoms with Gasteiger partial charge in [-0.15, -0.1) is 0 Å². The van der Waals surface area contributed by atoms with Crippen molar-refractivity contribution in [2.24, 2.45) is 0 Å². The highest BCUT2D eigenvalue weighted by atomic mass is 16.5. The van der Waals surface area contributed by atoms with Gasteiger partial charge >= 0.3 is 5.97 Å². The van der Waals surface area contributed by atoms with Crippen molar-refractivity contribution in [3.63, 3.8) is 0 Å². The minimum absolute atomic E-state index is 0.0797. The summed E-state index contributed by atoms with van der Waals surface area (Å²) >= 11 is 0. The first-order chi connectivity index (χ1) is 8.97. The lowest BCUT2D eigenvalue weighted by Gasteiger charge is -2.16. The van der Waals surface area contributed by atoms with Crippen molar-refractivity contribution in [1.82, 2.24) is 0 Å². The van der Waals surface area contributed by atoms with Gasteiger partial charge in [0, 0.05) is 18.2 Å². The minimum Gasteiger partial charge on any atom is -0.493 e. The number of Topliss-reactive ketones (excluding diaryl/α,β-unsaturated/α-hetero) is 1. The van der Waals surface area contributed by atoms with E-state index in [1.807, 2.05) is 0 Å². The van der Waals surface area contributed by atoms with E-state index in [1.165, 1.54) is 21.1 Å². The SMILES string of the molecule is COc1ccc(N[C@H](CC(C)=O)C(=O)O)cc1OC. The standard InChI is InChI=1S/C13H17NO5/c1-8(15)6-10(13(16)17)14-9-4-5-11(18-2)12(7-9)19-3/h4-5,7,10,14H,6H2,1-3H3,(H,16,17)/t10-/m1/s1. The summed E-state index contributed by atoms with van der Waals surface area (Å²) in [6, 6.07) is 3.98. The Balaban J connectivity index is 2.90. The zero-order chi connectivity index (χ0) is 14.4. The maximum atomic E-state index is 11.0. The molecule has 0 aromatic heterocycles. The summed E-state index contributed by atoms with van der Waals surface area (Å²) in [4.78, 5) is 22.1. The zero-order valence-electron chi connectivity index (χ0n) is 11.1. The number of carboxylic acids is 1. The van der Waals surface area contributed by atoms with Gasteiger partial charge < -0.3 is 19.9 Å². The summed E-state index contributed by atoms with van der Waals surface area (Å²) < 4.78 is 10.2. The van der Waals surface area contributed by atoms with E-state index in [1.54, 1.807) is 18.2 Å². The number of carbonyl (C=O) groups excluding carboxylic acids is 1. The van der Waals surface area contributed by atoms with E-state index in [0.717, 1.165) is 0 Å². The molecule has 1 rings (SSSR count). The number of rotatable bonds is 7. The fourth-order valence-electron chi connectivity index (χ4n) is 1.61. The summed E-state index contributed by atoms with van der Waals surface area (Å²) in [6.45, 7) is 1.35. The molecule has 104 valence electrons. The van der Waals surface area contributed by atoms with Crippen molar-refractivity contribution in [1.29, 1.82) is 0 Å². The maximum Gasteiger partial charge on any atom is 0.326 e. The van der Waals surface area contributed by atoms with Crippen LogP contribution >= 0.6 is 0 Å². The topological polar surface area (TPSA) is 84.9 Å². The van der Waals surface area contributed by atoms with Crippen LogP contribution in [-0.4, -0.2) is 37.1 Å². The third kappa shape index (κ3) is 4.17. The van der Waals surface area contributed by atoms with Crippen molar-refractivity contribution in [2.45, 2.75) is 19.4 Å². The van der Waals surface area contributed by atoms with Crippen LogP contribution in [0.2, 0.25) is 0 Å². The predicted molar refractivity (Wildman–Crippen MR) is 69.9 cm³/mol. The molecule has 2 N–H and O–H groups in total. The van der Waals surface area contributed by atoms with Crippen molar-refractivity contribution in [2.75, 3.05) is 19.5 Å². The highest BCUT2D eigenvalue weighted by molar-refractivity contribution is 5.86. The molecule has 0 heterocycles. The Kier molecular flexibility index (Phi) is 5.17. The third-order valence-corrected chi connectivity index (χ3v) is 2.51. The van der Waals surface area contributed by atoms with Gasteiger partial charge in [-0.2, -0.15) is 0 Å². The van der Waals surface area contributed by atoms with Crippen LogP contribution in [0, 0.1) is 0 Å². The summed E-state index contributed by atoms with van der Waals surface area (Å²) in [5.74, 6) is -0.240. The molecule has 0 spiro atoms. The van der Waals surface area contributed by atoms with E-state index in [0.29, 0.717) is 17.2 Å². The smallest absolute Gasteiger partial charge is 0.326 e. The van der Waals surface area contributed by atoms with Crippen LogP contribution in [-0.2, 0) is 9.59 Å². The Morgan fingerprint density at radius 1 is 1.26 bits per heavy atom. The average Bonchev–Trinajstić information content (AvgIpc) is 2.37. The molecule has 0 aliphatic carbocycles. The van der Waals surface area contributed by atoms with Crippen LogP contribution < -0.4 is 14.8 Å². The molecule has 0 unspecified atom stereocenters. The molecular weight excluding hydrogens is 250 g/mol. The highest BCUT2D eigenvalue weighted by Gasteiger charge is 2.19. The van der Waals surface area contributed by atoms with E-state index >= 15 is 0 Å². The van der Waals surface area contributed by atoms with E-state index in [9.17, 15) is 9.59 Å². The Morgan fingerprint density at radius 3 is 2.37 bits per heavy atom. The Bertz CT molecular complexity index is 472. The molecule has 1 aromatic carbocycles. The normalized spacial score (nSPS) is 11.5. The van der Waals surface area contributed by atoms with Crippen LogP contribution in [0.5, 0.6) is 11.5 Å². The fraction of sp³-hybridized carbons (Fsp3) is 0.385. The molecule has 1 atom stereocenters. The van der Waals surface area contributed by atoms with Gasteiger partial charge in [0.25, 0.3) is 0 Å². The first kappa shape index (κ1) is 14.8. The molecule has 0 aliphatic rings. The Hall–Kier alpha value is -2.24. The molecule has 0 saturated carbocycles.